The van der Waals surface area contributed by atoms with Gasteiger partial charge < -0.3 is 19.9 Å². The van der Waals surface area contributed by atoms with Gasteiger partial charge in [-0.1, -0.05) is 32.0 Å². The number of nitrogens with one attached hydrogen (secondary N) is 1. The third kappa shape index (κ3) is 4.99. The number of benzene rings is 2. The highest BCUT2D eigenvalue weighted by Crippen LogP contribution is 2.65. The smallest absolute Gasteiger partial charge is 0.305 e. The Kier molecular flexibility index (Phi) is 7.39. The molecule has 0 radical (unpaired) electrons. The van der Waals surface area contributed by atoms with Crippen LogP contribution in [-0.2, 0) is 22.7 Å². The zero-order valence-electron chi connectivity index (χ0n) is 25.7. The van der Waals surface area contributed by atoms with Crippen LogP contribution in [-0.4, -0.2) is 63.4 Å². The molecule has 2 N–H and O–H groups in total. The fourth-order valence-corrected chi connectivity index (χ4v) is 7.62. The number of amides is 2. The van der Waals surface area contributed by atoms with Crippen molar-refractivity contribution in [1.82, 2.24) is 19.7 Å². The Morgan fingerprint density at radius 2 is 1.77 bits per heavy atom. The van der Waals surface area contributed by atoms with E-state index in [4.69, 9.17) is 0 Å². The number of fused-ring (bicyclic) bond motifs is 2. The highest BCUT2D eigenvalue weighted by atomic mass is 19.2. The summed E-state index contributed by atoms with van der Waals surface area (Å²) in [5, 5.41) is 12.5. The molecule has 2 fully saturated rings. The highest BCUT2D eigenvalue weighted by molar-refractivity contribution is 5.98. The number of halogens is 2. The highest BCUT2D eigenvalue weighted by Gasteiger charge is 2.69. The molecule has 44 heavy (non-hydrogen) atoms. The van der Waals surface area contributed by atoms with Gasteiger partial charge in [-0.3, -0.25) is 19.3 Å². The van der Waals surface area contributed by atoms with E-state index in [1.165, 1.54) is 6.07 Å². The van der Waals surface area contributed by atoms with Gasteiger partial charge in [-0.2, -0.15) is 0 Å². The van der Waals surface area contributed by atoms with Gasteiger partial charge in [-0.15, -0.1) is 0 Å². The molecule has 6 rings (SSSR count). The van der Waals surface area contributed by atoms with Crippen LogP contribution in [0.4, 0.5) is 8.78 Å². The Hall–Kier alpha value is -4.05. The number of carbonyl (C=O) groups excluding carboxylic acids is 2. The molecule has 1 unspecified atom stereocenters. The minimum Gasteiger partial charge on any atom is -0.481 e. The molecule has 232 valence electrons. The van der Waals surface area contributed by atoms with E-state index < -0.39 is 42.0 Å². The first-order chi connectivity index (χ1) is 20.8. The van der Waals surface area contributed by atoms with Crippen molar-refractivity contribution in [3.05, 3.63) is 82.2 Å². The van der Waals surface area contributed by atoms with Crippen molar-refractivity contribution in [3.8, 4) is 11.1 Å². The Morgan fingerprint density at radius 3 is 2.45 bits per heavy atom. The number of hydrogen-bond acceptors (Lipinski definition) is 4. The van der Waals surface area contributed by atoms with Crippen LogP contribution in [0.25, 0.3) is 11.1 Å². The first-order valence-electron chi connectivity index (χ1n) is 15.0. The van der Waals surface area contributed by atoms with Gasteiger partial charge in [0.1, 0.15) is 11.7 Å². The third-order valence-electron chi connectivity index (χ3n) is 10.1. The number of aliphatic carboxylic acids is 1. The van der Waals surface area contributed by atoms with Crippen LogP contribution in [0.5, 0.6) is 0 Å². The van der Waals surface area contributed by atoms with Crippen molar-refractivity contribution >= 4 is 17.8 Å². The number of aromatic nitrogens is 1. The van der Waals surface area contributed by atoms with E-state index in [2.05, 4.69) is 24.1 Å². The van der Waals surface area contributed by atoms with Gasteiger partial charge in [0.2, 0.25) is 5.91 Å². The summed E-state index contributed by atoms with van der Waals surface area (Å²) in [6, 6.07) is 9.61. The lowest BCUT2D eigenvalue weighted by Crippen LogP contribution is -2.51. The zero-order valence-corrected chi connectivity index (χ0v) is 25.7. The molecule has 4 atom stereocenters. The largest absolute Gasteiger partial charge is 0.481 e. The van der Waals surface area contributed by atoms with E-state index in [0.717, 1.165) is 36.0 Å². The molecule has 2 aromatic carbocycles. The van der Waals surface area contributed by atoms with E-state index in [-0.39, 0.29) is 28.7 Å². The van der Waals surface area contributed by atoms with Gasteiger partial charge in [0, 0.05) is 37.4 Å². The number of likely N-dealkylation sites (tertiary alicyclic amines) is 1. The molecule has 0 spiro atoms. The number of piperidine rings is 1. The Balaban J connectivity index is 1.34. The van der Waals surface area contributed by atoms with Crippen molar-refractivity contribution in [2.24, 2.45) is 17.3 Å². The van der Waals surface area contributed by atoms with E-state index in [9.17, 15) is 19.5 Å². The fraction of sp³-hybridized carbons (Fsp3) is 0.441. The quantitative estimate of drug-likeness (QED) is 0.399. The first-order valence-corrected chi connectivity index (χ1v) is 15.0. The average molecular weight is 605 g/mol. The molecule has 3 aromatic rings. The van der Waals surface area contributed by atoms with Crippen molar-refractivity contribution in [2.75, 3.05) is 20.1 Å². The molecule has 3 aliphatic rings. The molecule has 0 bridgehead atoms. The molecular weight excluding hydrogens is 566 g/mol. The maximum Gasteiger partial charge on any atom is 0.305 e. The van der Waals surface area contributed by atoms with Crippen molar-refractivity contribution in [2.45, 2.75) is 59.3 Å². The van der Waals surface area contributed by atoms with E-state index in [1.54, 1.807) is 11.0 Å². The summed E-state index contributed by atoms with van der Waals surface area (Å²) >= 11 is 0. The molecule has 1 saturated carbocycles. The van der Waals surface area contributed by atoms with E-state index >= 15 is 8.78 Å². The fourth-order valence-electron chi connectivity index (χ4n) is 7.62. The molecule has 1 aliphatic carbocycles. The normalized spacial score (nSPS) is 22.7. The number of likely N-dealkylation sites (N-methyl/N-ethyl adjacent to an activating group) is 1. The zero-order chi connectivity index (χ0) is 31.7. The minimum absolute atomic E-state index is 0.101. The van der Waals surface area contributed by atoms with Gasteiger partial charge in [-0.25, -0.2) is 8.78 Å². The summed E-state index contributed by atoms with van der Waals surface area (Å²) in [5.41, 5.74) is 3.91. The van der Waals surface area contributed by atoms with Crippen LogP contribution in [0.2, 0.25) is 0 Å². The second-order valence-electron chi connectivity index (χ2n) is 13.2. The SMILES string of the molecule is Cc1cccc(C)c1-c1cc(F)c(F)c([C@H](CC(=O)O)NC(=O)[C@@H]2[C@@H]3C(CN2C(=O)c2ccc4n2CCN(C)C4)C3(C)C)c1. The Morgan fingerprint density at radius 1 is 1.07 bits per heavy atom. The summed E-state index contributed by atoms with van der Waals surface area (Å²) in [4.78, 5) is 43.8. The Bertz CT molecular complexity index is 1660. The molecular formula is C34H38F2N4O4. The maximum absolute atomic E-state index is 15.4. The number of rotatable bonds is 7. The second-order valence-corrected chi connectivity index (χ2v) is 13.2. The van der Waals surface area contributed by atoms with Crippen LogP contribution in [0.3, 0.4) is 0 Å². The number of carboxylic acid groups (broad SMARTS) is 1. The molecule has 8 nitrogen and oxygen atoms in total. The number of carbonyl (C=O) groups is 3. The Labute approximate surface area is 255 Å². The van der Waals surface area contributed by atoms with Crippen LogP contribution in [0, 0.1) is 42.7 Å². The number of aryl methyl sites for hydroxylation is 2. The van der Waals surface area contributed by atoms with Crippen LogP contribution in [0.15, 0.2) is 42.5 Å². The summed E-state index contributed by atoms with van der Waals surface area (Å²) in [6.07, 6.45) is -0.657. The molecule has 3 heterocycles. The third-order valence-corrected chi connectivity index (χ3v) is 10.1. The summed E-state index contributed by atoms with van der Waals surface area (Å²) in [7, 11) is 2.02. The van der Waals surface area contributed by atoms with Gasteiger partial charge in [0.25, 0.3) is 5.91 Å². The topological polar surface area (TPSA) is 94.9 Å². The number of hydrogen-bond donors (Lipinski definition) is 2. The lowest BCUT2D eigenvalue weighted by molar-refractivity contribution is -0.138. The second kappa shape index (κ2) is 10.8. The van der Waals surface area contributed by atoms with Crippen molar-refractivity contribution in [1.29, 1.82) is 0 Å². The van der Waals surface area contributed by atoms with Crippen LogP contribution < -0.4 is 5.32 Å². The van der Waals surface area contributed by atoms with E-state index in [0.29, 0.717) is 29.9 Å². The summed E-state index contributed by atoms with van der Waals surface area (Å²) in [5.74, 6) is -4.47. The predicted molar refractivity (Wildman–Crippen MR) is 161 cm³/mol. The van der Waals surface area contributed by atoms with Gasteiger partial charge in [0.05, 0.1) is 12.5 Å². The van der Waals surface area contributed by atoms with Gasteiger partial charge in [0.15, 0.2) is 11.6 Å². The predicted octanol–water partition coefficient (Wildman–Crippen LogP) is 4.92. The van der Waals surface area contributed by atoms with Crippen LogP contribution >= 0.6 is 0 Å². The summed E-state index contributed by atoms with van der Waals surface area (Å²) in [6.45, 7) is 10.4. The number of nitrogens with zero attached hydrogens (tertiary/aromatic N) is 3. The molecule has 1 aromatic heterocycles. The maximum atomic E-state index is 15.4. The van der Waals surface area contributed by atoms with Crippen molar-refractivity contribution < 1.29 is 28.3 Å². The van der Waals surface area contributed by atoms with Gasteiger partial charge >= 0.3 is 5.97 Å². The molecule has 10 heteroatoms. The van der Waals surface area contributed by atoms with E-state index in [1.807, 2.05) is 49.7 Å². The molecule has 2 aliphatic heterocycles. The first kappa shape index (κ1) is 30.0. The monoisotopic (exact) mass is 604 g/mol. The van der Waals surface area contributed by atoms with Crippen molar-refractivity contribution in [3.63, 3.8) is 0 Å². The number of carboxylic acids is 1. The standard InChI is InChI=1S/C34H38F2N4O4/c1-18-7-6-8-19(2)28(18)20-13-22(30(36)24(35)14-20)25(15-27(41)42)37-32(43)31-29-23(34(29,3)4)17-40(31)33(44)26-10-9-21-16-38(5)11-12-39(21)26/h6-10,13-14,23,25,29,31H,11-12,15-17H2,1-5H3,(H,37,43)(H,41,42)/t23?,25-,29-,31-/m0/s1. The molecule has 1 saturated heterocycles. The minimum atomic E-state index is -1.35. The lowest BCUT2D eigenvalue weighted by Gasteiger charge is -2.32. The van der Waals surface area contributed by atoms with Gasteiger partial charge in [-0.05, 0) is 84.7 Å². The van der Waals surface area contributed by atoms with Crippen LogP contribution in [0.1, 0.15) is 59.2 Å². The average Bonchev–Trinajstić information content (AvgIpc) is 3.31. The lowest BCUT2D eigenvalue weighted by atomic mass is 9.92. The summed E-state index contributed by atoms with van der Waals surface area (Å²) < 4.78 is 32.5. The molecule has 2 amide bonds.